The third-order valence-corrected chi connectivity index (χ3v) is 5.73. The van der Waals surface area contributed by atoms with Crippen LogP contribution in [0.1, 0.15) is 26.3 Å². The van der Waals surface area contributed by atoms with Crippen molar-refractivity contribution in [3.63, 3.8) is 0 Å². The largest absolute Gasteiger partial charge is 0.319 e. The smallest absolute Gasteiger partial charge is 0.279 e. The van der Waals surface area contributed by atoms with Crippen molar-refractivity contribution in [2.45, 2.75) is 0 Å². The molecule has 1 aromatic heterocycles. The van der Waals surface area contributed by atoms with Crippen LogP contribution in [0.15, 0.2) is 77.8 Å². The van der Waals surface area contributed by atoms with E-state index in [2.05, 4.69) is 4.99 Å². The molecule has 0 aliphatic rings. The van der Waals surface area contributed by atoms with Crippen molar-refractivity contribution in [3.8, 4) is 0 Å². The molecule has 0 fully saturated rings. The highest BCUT2D eigenvalue weighted by Gasteiger charge is 2.11. The summed E-state index contributed by atoms with van der Waals surface area (Å²) < 4.78 is 2.83. The van der Waals surface area contributed by atoms with E-state index in [1.807, 2.05) is 48.0 Å². The highest BCUT2D eigenvalue weighted by atomic mass is 35.5. The Bertz CT molecular complexity index is 1260. The zero-order chi connectivity index (χ0) is 19.7. The first-order valence-corrected chi connectivity index (χ1v) is 9.76. The molecule has 0 saturated carbocycles. The van der Waals surface area contributed by atoms with Gasteiger partial charge in [0, 0.05) is 28.8 Å². The summed E-state index contributed by atoms with van der Waals surface area (Å²) in [6.07, 6.45) is 0. The quantitative estimate of drug-likeness (QED) is 0.456. The fraction of sp³-hybridized carbons (Fsp3) is 0.0455. The molecule has 6 heteroatoms. The molecule has 0 aliphatic carbocycles. The number of hydrogen-bond acceptors (Lipinski definition) is 3. The minimum Gasteiger partial charge on any atom is -0.319 e. The Morgan fingerprint density at radius 1 is 0.893 bits per heavy atom. The van der Waals surface area contributed by atoms with Crippen LogP contribution < -0.4 is 4.80 Å². The van der Waals surface area contributed by atoms with Crippen LogP contribution in [0.4, 0.5) is 0 Å². The van der Waals surface area contributed by atoms with E-state index < -0.39 is 0 Å². The Balaban J connectivity index is 1.63. The lowest BCUT2D eigenvalue weighted by molar-refractivity contribution is 0.0994. The lowest BCUT2D eigenvalue weighted by Gasteiger charge is -2.02. The Hall–Kier alpha value is -3.02. The second-order valence-corrected chi connectivity index (χ2v) is 7.69. The molecule has 28 heavy (non-hydrogen) atoms. The van der Waals surface area contributed by atoms with E-state index in [0.29, 0.717) is 26.5 Å². The number of carbonyl (C=O) groups excluding carboxylic acids is 2. The van der Waals surface area contributed by atoms with E-state index in [4.69, 9.17) is 11.6 Å². The van der Waals surface area contributed by atoms with Crippen LogP contribution in [0.5, 0.6) is 0 Å². The first kappa shape index (κ1) is 18.3. The molecule has 4 nitrogen and oxygen atoms in total. The number of benzene rings is 3. The van der Waals surface area contributed by atoms with Gasteiger partial charge < -0.3 is 4.57 Å². The van der Waals surface area contributed by atoms with Crippen molar-refractivity contribution in [3.05, 3.63) is 99.3 Å². The predicted octanol–water partition coefficient (Wildman–Crippen LogP) is 4.87. The number of halogens is 1. The summed E-state index contributed by atoms with van der Waals surface area (Å²) in [6.45, 7) is 0. The summed E-state index contributed by atoms with van der Waals surface area (Å²) in [6, 6.07) is 21.2. The number of hydrogen-bond donors (Lipinski definition) is 0. The third kappa shape index (κ3) is 3.54. The summed E-state index contributed by atoms with van der Waals surface area (Å²) in [5.74, 6) is -0.434. The molecule has 0 radical (unpaired) electrons. The molecule has 0 bridgehead atoms. The number of fused-ring (bicyclic) bond motifs is 1. The van der Waals surface area contributed by atoms with Crippen molar-refractivity contribution in [1.29, 1.82) is 0 Å². The molecule has 0 atom stereocenters. The van der Waals surface area contributed by atoms with E-state index in [1.165, 1.54) is 11.3 Å². The van der Waals surface area contributed by atoms with Crippen molar-refractivity contribution < 1.29 is 9.59 Å². The van der Waals surface area contributed by atoms with Gasteiger partial charge in [0.2, 0.25) is 0 Å². The first-order chi connectivity index (χ1) is 13.5. The molecular weight excluding hydrogens is 392 g/mol. The van der Waals surface area contributed by atoms with Crippen LogP contribution in [0.25, 0.3) is 10.2 Å². The molecule has 1 heterocycles. The highest BCUT2D eigenvalue weighted by molar-refractivity contribution is 7.16. The number of rotatable bonds is 3. The van der Waals surface area contributed by atoms with Gasteiger partial charge in [-0.15, -0.1) is 0 Å². The van der Waals surface area contributed by atoms with Crippen molar-refractivity contribution in [1.82, 2.24) is 4.57 Å². The predicted molar refractivity (Wildman–Crippen MR) is 112 cm³/mol. The first-order valence-electron chi connectivity index (χ1n) is 8.57. The van der Waals surface area contributed by atoms with E-state index in [1.54, 1.807) is 36.4 Å². The van der Waals surface area contributed by atoms with Gasteiger partial charge in [-0.3, -0.25) is 9.59 Å². The maximum Gasteiger partial charge on any atom is 0.279 e. The molecule has 4 rings (SSSR count). The molecular formula is C22H15ClN2O2S. The summed E-state index contributed by atoms with van der Waals surface area (Å²) >= 11 is 7.44. The van der Waals surface area contributed by atoms with Crippen LogP contribution >= 0.6 is 22.9 Å². The molecule has 1 amide bonds. The van der Waals surface area contributed by atoms with Crippen LogP contribution in [0, 0.1) is 0 Å². The van der Waals surface area contributed by atoms with Gasteiger partial charge in [0.1, 0.15) is 0 Å². The number of aromatic nitrogens is 1. The lowest BCUT2D eigenvalue weighted by Crippen LogP contribution is -2.13. The number of ketones is 1. The number of aryl methyl sites for hydroxylation is 1. The van der Waals surface area contributed by atoms with Gasteiger partial charge in [0.05, 0.1) is 10.2 Å². The van der Waals surface area contributed by atoms with Gasteiger partial charge in [0.25, 0.3) is 5.91 Å². The lowest BCUT2D eigenvalue weighted by atomic mass is 10.0. The van der Waals surface area contributed by atoms with E-state index >= 15 is 0 Å². The Morgan fingerprint density at radius 3 is 2.25 bits per heavy atom. The van der Waals surface area contributed by atoms with Crippen LogP contribution in [0.2, 0.25) is 5.02 Å². The van der Waals surface area contributed by atoms with E-state index in [0.717, 1.165) is 10.2 Å². The molecule has 0 unspecified atom stereocenters. The average molecular weight is 407 g/mol. The second-order valence-electron chi connectivity index (χ2n) is 6.25. The normalized spacial score (nSPS) is 11.7. The zero-order valence-electron chi connectivity index (χ0n) is 14.9. The monoisotopic (exact) mass is 406 g/mol. The fourth-order valence-corrected chi connectivity index (χ4v) is 4.18. The number of thiazole rings is 1. The molecule has 0 N–H and O–H groups in total. The van der Waals surface area contributed by atoms with Gasteiger partial charge >= 0.3 is 0 Å². The highest BCUT2D eigenvalue weighted by Crippen LogP contribution is 2.21. The SMILES string of the molecule is Cn1c(=NC(=O)c2ccc(C(=O)c3ccccc3)cc2)sc2cc(Cl)ccc21. The molecule has 138 valence electrons. The minimum atomic E-state index is -0.355. The van der Waals surface area contributed by atoms with Gasteiger partial charge in [-0.2, -0.15) is 4.99 Å². The second kappa shape index (κ2) is 7.54. The minimum absolute atomic E-state index is 0.0793. The maximum absolute atomic E-state index is 12.6. The Kier molecular flexibility index (Phi) is 4.94. The van der Waals surface area contributed by atoms with Crippen LogP contribution in [-0.2, 0) is 7.05 Å². The summed E-state index contributed by atoms with van der Waals surface area (Å²) in [4.78, 5) is 29.9. The van der Waals surface area contributed by atoms with Crippen molar-refractivity contribution in [2.24, 2.45) is 12.0 Å². The van der Waals surface area contributed by atoms with E-state index in [9.17, 15) is 9.59 Å². The zero-order valence-corrected chi connectivity index (χ0v) is 16.5. The van der Waals surface area contributed by atoms with Crippen LogP contribution in [-0.4, -0.2) is 16.3 Å². The average Bonchev–Trinajstić information content (AvgIpc) is 3.02. The molecule has 4 aromatic rings. The van der Waals surface area contributed by atoms with Crippen LogP contribution in [0.3, 0.4) is 0 Å². The molecule has 0 spiro atoms. The summed E-state index contributed by atoms with van der Waals surface area (Å²) in [5.41, 5.74) is 2.54. The van der Waals surface area contributed by atoms with Crippen molar-refractivity contribution >= 4 is 44.8 Å². The summed E-state index contributed by atoms with van der Waals surface area (Å²) in [5, 5.41) is 0.644. The fourth-order valence-electron chi connectivity index (χ4n) is 2.89. The number of nitrogens with zero attached hydrogens (tertiary/aromatic N) is 2. The van der Waals surface area contributed by atoms with Crippen molar-refractivity contribution in [2.75, 3.05) is 0 Å². The number of carbonyl (C=O) groups is 2. The standard InChI is InChI=1S/C22H15ClN2O2S/c1-25-18-12-11-17(23)13-19(18)28-22(25)24-21(27)16-9-7-15(8-10-16)20(26)14-5-3-2-4-6-14/h2-13H,1H3. The summed E-state index contributed by atoms with van der Waals surface area (Å²) in [7, 11) is 1.86. The molecule has 0 aliphatic heterocycles. The molecule has 0 saturated heterocycles. The van der Waals surface area contributed by atoms with E-state index in [-0.39, 0.29) is 11.7 Å². The number of amides is 1. The third-order valence-electron chi connectivity index (χ3n) is 4.40. The Morgan fingerprint density at radius 2 is 1.54 bits per heavy atom. The van der Waals surface area contributed by atoms with Gasteiger partial charge in [-0.1, -0.05) is 65.4 Å². The van der Waals surface area contributed by atoms with Gasteiger partial charge in [-0.05, 0) is 30.3 Å². The maximum atomic E-state index is 12.6. The Labute approximate surface area is 170 Å². The molecule has 3 aromatic carbocycles. The van der Waals surface area contributed by atoms with Gasteiger partial charge in [-0.25, -0.2) is 0 Å². The van der Waals surface area contributed by atoms with Gasteiger partial charge in [0.15, 0.2) is 10.6 Å². The topological polar surface area (TPSA) is 51.4 Å².